The van der Waals surface area contributed by atoms with E-state index in [1.54, 1.807) is 31.4 Å². The largest absolute Gasteiger partial charge is 0.497 e. The molecule has 0 aromatic heterocycles. The van der Waals surface area contributed by atoms with Gasteiger partial charge >= 0.3 is 0 Å². The number of carbonyl (C=O) groups excluding carboxylic acids is 1. The lowest BCUT2D eigenvalue weighted by molar-refractivity contribution is -0.384. The van der Waals surface area contributed by atoms with Gasteiger partial charge in [0.2, 0.25) is 5.91 Å². The summed E-state index contributed by atoms with van der Waals surface area (Å²) >= 11 is 5.02. The molecule has 2 rings (SSSR count). The zero-order valence-corrected chi connectivity index (χ0v) is 14.1. The Bertz CT molecular complexity index is 819. The molecule has 0 bridgehead atoms. The number of ether oxygens (including phenoxy) is 1. The van der Waals surface area contributed by atoms with Crippen LogP contribution in [-0.2, 0) is 4.79 Å². The molecule has 0 aliphatic carbocycles. The molecular formula is C17H15N3O4S. The molecule has 0 saturated carbocycles. The van der Waals surface area contributed by atoms with Gasteiger partial charge < -0.3 is 10.1 Å². The number of thiocarbonyl (C=S) groups is 1. The Balaban J connectivity index is 1.91. The molecule has 0 fully saturated rings. The Morgan fingerprint density at radius 3 is 2.60 bits per heavy atom. The van der Waals surface area contributed by atoms with Crippen molar-refractivity contribution in [2.45, 2.75) is 0 Å². The lowest BCUT2D eigenvalue weighted by Gasteiger charge is -2.07. The Hall–Kier alpha value is -3.26. The topological polar surface area (TPSA) is 93.5 Å². The highest BCUT2D eigenvalue weighted by molar-refractivity contribution is 7.80. The lowest BCUT2D eigenvalue weighted by Crippen LogP contribution is -2.32. The maximum Gasteiger partial charge on any atom is 0.271 e. The first-order valence-corrected chi connectivity index (χ1v) is 7.57. The standard InChI is InChI=1S/C17H15N3O4S/c1-24-15-8-5-12(6-9-15)7-10-16(21)19-17(25)18-13-3-2-4-14(11-13)20(22)23/h2-11H,1H3,(H2,18,19,21,25)/b10-7+. The number of benzene rings is 2. The summed E-state index contributed by atoms with van der Waals surface area (Å²) in [5.74, 6) is 0.308. The molecule has 0 unspecified atom stereocenters. The quantitative estimate of drug-likeness (QED) is 0.370. The highest BCUT2D eigenvalue weighted by atomic mass is 32.1. The van der Waals surface area contributed by atoms with Crippen LogP contribution in [0.3, 0.4) is 0 Å². The van der Waals surface area contributed by atoms with Gasteiger partial charge in [0.25, 0.3) is 5.69 Å². The fourth-order valence-electron chi connectivity index (χ4n) is 1.90. The van der Waals surface area contributed by atoms with Crippen LogP contribution in [0, 0.1) is 10.1 Å². The second kappa shape index (κ2) is 8.55. The normalized spacial score (nSPS) is 10.3. The van der Waals surface area contributed by atoms with Crippen molar-refractivity contribution >= 4 is 40.7 Å². The van der Waals surface area contributed by atoms with Gasteiger partial charge in [-0.3, -0.25) is 20.2 Å². The van der Waals surface area contributed by atoms with Crippen LogP contribution >= 0.6 is 12.2 Å². The number of hydrogen-bond donors (Lipinski definition) is 2. The second-order valence-electron chi connectivity index (χ2n) is 4.86. The van der Waals surface area contributed by atoms with Gasteiger partial charge in [-0.2, -0.15) is 0 Å². The number of anilines is 1. The van der Waals surface area contributed by atoms with Crippen LogP contribution < -0.4 is 15.4 Å². The Kier molecular flexibility index (Phi) is 6.19. The van der Waals surface area contributed by atoms with Gasteiger partial charge in [-0.05, 0) is 42.1 Å². The monoisotopic (exact) mass is 357 g/mol. The number of nitro groups is 1. The van der Waals surface area contributed by atoms with Crippen molar-refractivity contribution in [2.24, 2.45) is 0 Å². The first-order chi connectivity index (χ1) is 12.0. The van der Waals surface area contributed by atoms with E-state index in [9.17, 15) is 14.9 Å². The average Bonchev–Trinajstić information content (AvgIpc) is 2.60. The first kappa shape index (κ1) is 18.1. The number of methoxy groups -OCH3 is 1. The van der Waals surface area contributed by atoms with Crippen LogP contribution in [0.2, 0.25) is 0 Å². The van der Waals surface area contributed by atoms with Crippen LogP contribution in [0.25, 0.3) is 6.08 Å². The zero-order valence-electron chi connectivity index (χ0n) is 13.3. The molecule has 0 spiro atoms. The van der Waals surface area contributed by atoms with Crippen molar-refractivity contribution in [2.75, 3.05) is 12.4 Å². The number of carbonyl (C=O) groups is 1. The summed E-state index contributed by atoms with van der Waals surface area (Å²) in [6.07, 6.45) is 2.97. The number of nitrogens with zero attached hydrogens (tertiary/aromatic N) is 1. The molecule has 0 saturated heterocycles. The molecule has 0 heterocycles. The first-order valence-electron chi connectivity index (χ1n) is 7.16. The number of amides is 1. The SMILES string of the molecule is COc1ccc(/C=C/C(=O)NC(=S)Nc2cccc([N+](=O)[O-])c2)cc1. The van der Waals surface area contributed by atoms with Gasteiger partial charge in [0.05, 0.1) is 12.0 Å². The van der Waals surface area contributed by atoms with Crippen LogP contribution in [-0.4, -0.2) is 23.1 Å². The Labute approximate surface area is 149 Å². The van der Waals surface area contributed by atoms with Crippen molar-refractivity contribution in [3.8, 4) is 5.75 Å². The third-order valence-corrected chi connectivity index (χ3v) is 3.30. The predicted octanol–water partition coefficient (Wildman–Crippen LogP) is 3.13. The van der Waals surface area contributed by atoms with E-state index in [1.807, 2.05) is 12.1 Å². The molecule has 0 aliphatic heterocycles. The van der Waals surface area contributed by atoms with Crippen molar-refractivity contribution in [1.29, 1.82) is 0 Å². The summed E-state index contributed by atoms with van der Waals surface area (Å²) in [7, 11) is 1.58. The fraction of sp³-hybridized carbons (Fsp3) is 0.0588. The molecule has 25 heavy (non-hydrogen) atoms. The highest BCUT2D eigenvalue weighted by Gasteiger charge is 2.07. The van der Waals surface area contributed by atoms with Crippen molar-refractivity contribution in [1.82, 2.24) is 5.32 Å². The van der Waals surface area contributed by atoms with Crippen LogP contribution in [0.1, 0.15) is 5.56 Å². The van der Waals surface area contributed by atoms with E-state index < -0.39 is 10.8 Å². The van der Waals surface area contributed by atoms with E-state index in [0.717, 1.165) is 11.3 Å². The van der Waals surface area contributed by atoms with E-state index in [4.69, 9.17) is 17.0 Å². The molecule has 2 aromatic carbocycles. The minimum atomic E-state index is -0.510. The molecule has 0 radical (unpaired) electrons. The van der Waals surface area contributed by atoms with Gasteiger partial charge in [0.15, 0.2) is 5.11 Å². The van der Waals surface area contributed by atoms with Gasteiger partial charge in [-0.1, -0.05) is 18.2 Å². The highest BCUT2D eigenvalue weighted by Crippen LogP contribution is 2.16. The second-order valence-corrected chi connectivity index (χ2v) is 5.27. The summed E-state index contributed by atoms with van der Waals surface area (Å²) in [4.78, 5) is 22.1. The molecule has 2 aromatic rings. The number of hydrogen-bond acceptors (Lipinski definition) is 5. The smallest absolute Gasteiger partial charge is 0.271 e. The van der Waals surface area contributed by atoms with E-state index in [1.165, 1.54) is 24.3 Å². The maximum atomic E-state index is 11.9. The van der Waals surface area contributed by atoms with Crippen molar-refractivity contribution in [3.05, 3.63) is 70.3 Å². The maximum absolute atomic E-state index is 11.9. The van der Waals surface area contributed by atoms with Crippen LogP contribution in [0.15, 0.2) is 54.6 Å². The Morgan fingerprint density at radius 2 is 1.96 bits per heavy atom. The van der Waals surface area contributed by atoms with Crippen LogP contribution in [0.4, 0.5) is 11.4 Å². The molecule has 2 N–H and O–H groups in total. The zero-order chi connectivity index (χ0) is 18.2. The van der Waals surface area contributed by atoms with Gasteiger partial charge in [0, 0.05) is 23.9 Å². The summed E-state index contributed by atoms with van der Waals surface area (Å²) < 4.78 is 5.06. The molecule has 8 heteroatoms. The van der Waals surface area contributed by atoms with E-state index >= 15 is 0 Å². The predicted molar refractivity (Wildman–Crippen MR) is 99.5 cm³/mol. The van der Waals surface area contributed by atoms with Gasteiger partial charge in [-0.25, -0.2) is 0 Å². The van der Waals surface area contributed by atoms with E-state index in [2.05, 4.69) is 10.6 Å². The number of nitro benzene ring substituents is 1. The van der Waals surface area contributed by atoms with E-state index in [0.29, 0.717) is 5.69 Å². The molecule has 7 nitrogen and oxygen atoms in total. The Morgan fingerprint density at radius 1 is 1.24 bits per heavy atom. The van der Waals surface area contributed by atoms with Gasteiger partial charge in [0.1, 0.15) is 5.75 Å². The molecule has 0 atom stereocenters. The fourth-order valence-corrected chi connectivity index (χ4v) is 2.12. The van der Waals surface area contributed by atoms with Crippen LogP contribution in [0.5, 0.6) is 5.75 Å². The average molecular weight is 357 g/mol. The summed E-state index contributed by atoms with van der Waals surface area (Å²) in [5.41, 5.74) is 1.17. The lowest BCUT2D eigenvalue weighted by atomic mass is 10.2. The molecule has 1 amide bonds. The summed E-state index contributed by atoms with van der Waals surface area (Å²) in [6, 6.07) is 13.0. The summed E-state index contributed by atoms with van der Waals surface area (Å²) in [5, 5.41) is 16.0. The number of non-ortho nitro benzene ring substituents is 1. The third kappa shape index (κ3) is 5.70. The van der Waals surface area contributed by atoms with Crippen molar-refractivity contribution in [3.63, 3.8) is 0 Å². The summed E-state index contributed by atoms with van der Waals surface area (Å²) in [6.45, 7) is 0. The minimum Gasteiger partial charge on any atom is -0.497 e. The molecular weight excluding hydrogens is 342 g/mol. The third-order valence-electron chi connectivity index (χ3n) is 3.09. The number of nitrogens with one attached hydrogen (secondary N) is 2. The molecule has 128 valence electrons. The minimum absolute atomic E-state index is 0.0462. The van der Waals surface area contributed by atoms with E-state index in [-0.39, 0.29) is 10.8 Å². The molecule has 0 aliphatic rings. The van der Waals surface area contributed by atoms with Crippen molar-refractivity contribution < 1.29 is 14.5 Å². The number of rotatable bonds is 5. The van der Waals surface area contributed by atoms with Gasteiger partial charge in [-0.15, -0.1) is 0 Å².